The molecule has 0 saturated carbocycles. The van der Waals surface area contributed by atoms with Gasteiger partial charge in [0, 0.05) is 25.4 Å². The summed E-state index contributed by atoms with van der Waals surface area (Å²) in [7, 11) is 3.54. The van der Waals surface area contributed by atoms with Crippen LogP contribution in [0.4, 0.5) is 0 Å². The Morgan fingerprint density at radius 3 is 2.85 bits per heavy atom. The number of nitrogens with one attached hydrogen (secondary N) is 1. The molecule has 1 aromatic carbocycles. The number of aliphatic hydroxyl groups excluding tert-OH is 1. The maximum absolute atomic E-state index is 9.57. The number of aliphatic hydroxyl groups is 1. The zero-order valence-corrected chi connectivity index (χ0v) is 12.1. The first-order chi connectivity index (χ1) is 9.63. The summed E-state index contributed by atoms with van der Waals surface area (Å²) in [4.78, 5) is 0. The van der Waals surface area contributed by atoms with Crippen molar-refractivity contribution in [3.05, 3.63) is 47.3 Å². The molecule has 1 heterocycles. The first-order valence-corrected chi connectivity index (χ1v) is 6.61. The fraction of sp³-hybridized carbons (Fsp3) is 0.400. The van der Waals surface area contributed by atoms with E-state index in [0.29, 0.717) is 6.54 Å². The number of aromatic nitrogens is 2. The Labute approximate surface area is 119 Å². The number of hydrogen-bond acceptors (Lipinski definition) is 4. The molecule has 2 rings (SSSR count). The summed E-state index contributed by atoms with van der Waals surface area (Å²) in [5.74, 6) is 0.792. The molecule has 5 heteroatoms. The summed E-state index contributed by atoms with van der Waals surface area (Å²) in [6.45, 7) is 2.69. The Hall–Kier alpha value is -1.85. The fourth-order valence-corrected chi connectivity index (χ4v) is 2.20. The monoisotopic (exact) mass is 275 g/mol. The predicted octanol–water partition coefficient (Wildman–Crippen LogP) is 1.56. The van der Waals surface area contributed by atoms with Crippen molar-refractivity contribution in [3.8, 4) is 5.75 Å². The second-order valence-corrected chi connectivity index (χ2v) is 4.81. The Kier molecular flexibility index (Phi) is 4.76. The second-order valence-electron chi connectivity index (χ2n) is 4.81. The van der Waals surface area contributed by atoms with E-state index in [1.165, 1.54) is 0 Å². The molecule has 0 aliphatic heterocycles. The largest absolute Gasteiger partial charge is 0.497 e. The molecule has 1 unspecified atom stereocenters. The van der Waals surface area contributed by atoms with Crippen molar-refractivity contribution in [1.29, 1.82) is 0 Å². The summed E-state index contributed by atoms with van der Waals surface area (Å²) in [5, 5.41) is 17.2. The van der Waals surface area contributed by atoms with Gasteiger partial charge in [0.25, 0.3) is 0 Å². The molecule has 0 amide bonds. The van der Waals surface area contributed by atoms with Crippen LogP contribution in [-0.4, -0.2) is 28.6 Å². The number of aryl methyl sites for hydroxylation is 2. The average molecular weight is 275 g/mol. The SMILES string of the molecule is COc1cccc(C(CO)NCc2cn(C)nc2C)c1. The van der Waals surface area contributed by atoms with Crippen LogP contribution in [0.5, 0.6) is 5.75 Å². The molecule has 0 aliphatic carbocycles. The molecule has 0 spiro atoms. The van der Waals surface area contributed by atoms with Gasteiger partial charge in [-0.3, -0.25) is 4.68 Å². The minimum atomic E-state index is -0.121. The number of benzene rings is 1. The van der Waals surface area contributed by atoms with Crippen LogP contribution in [0.1, 0.15) is 22.9 Å². The molecule has 0 fully saturated rings. The van der Waals surface area contributed by atoms with E-state index in [1.807, 2.05) is 44.4 Å². The van der Waals surface area contributed by atoms with E-state index < -0.39 is 0 Å². The number of rotatable bonds is 6. The van der Waals surface area contributed by atoms with Gasteiger partial charge in [0.05, 0.1) is 25.5 Å². The highest BCUT2D eigenvalue weighted by Crippen LogP contribution is 2.19. The molecular formula is C15H21N3O2. The van der Waals surface area contributed by atoms with Crippen LogP contribution < -0.4 is 10.1 Å². The Bertz CT molecular complexity index is 566. The highest BCUT2D eigenvalue weighted by atomic mass is 16.5. The molecule has 5 nitrogen and oxygen atoms in total. The maximum Gasteiger partial charge on any atom is 0.119 e. The summed E-state index contributed by atoms with van der Waals surface area (Å²) in [6.07, 6.45) is 1.99. The average Bonchev–Trinajstić information content (AvgIpc) is 2.78. The van der Waals surface area contributed by atoms with Gasteiger partial charge in [-0.2, -0.15) is 5.10 Å². The molecule has 20 heavy (non-hydrogen) atoms. The van der Waals surface area contributed by atoms with Crippen molar-refractivity contribution in [2.24, 2.45) is 7.05 Å². The van der Waals surface area contributed by atoms with Crippen LogP contribution in [0.15, 0.2) is 30.5 Å². The fourth-order valence-electron chi connectivity index (χ4n) is 2.20. The van der Waals surface area contributed by atoms with Gasteiger partial charge in [-0.15, -0.1) is 0 Å². The van der Waals surface area contributed by atoms with Gasteiger partial charge in [-0.25, -0.2) is 0 Å². The lowest BCUT2D eigenvalue weighted by atomic mass is 10.1. The van der Waals surface area contributed by atoms with Crippen LogP contribution in [0.3, 0.4) is 0 Å². The molecule has 0 radical (unpaired) electrons. The summed E-state index contributed by atoms with van der Waals surface area (Å²) in [6, 6.07) is 7.61. The summed E-state index contributed by atoms with van der Waals surface area (Å²) >= 11 is 0. The van der Waals surface area contributed by atoms with Gasteiger partial charge in [0.2, 0.25) is 0 Å². The smallest absolute Gasteiger partial charge is 0.119 e. The van der Waals surface area contributed by atoms with Crippen molar-refractivity contribution in [3.63, 3.8) is 0 Å². The van der Waals surface area contributed by atoms with E-state index in [9.17, 15) is 5.11 Å². The van der Waals surface area contributed by atoms with Crippen molar-refractivity contribution in [1.82, 2.24) is 15.1 Å². The lowest BCUT2D eigenvalue weighted by Gasteiger charge is -2.17. The Morgan fingerprint density at radius 1 is 1.45 bits per heavy atom. The normalized spacial score (nSPS) is 12.4. The molecule has 0 bridgehead atoms. The van der Waals surface area contributed by atoms with Crippen LogP contribution in [-0.2, 0) is 13.6 Å². The van der Waals surface area contributed by atoms with Gasteiger partial charge in [0.1, 0.15) is 5.75 Å². The van der Waals surface area contributed by atoms with Crippen molar-refractivity contribution in [2.45, 2.75) is 19.5 Å². The zero-order chi connectivity index (χ0) is 14.5. The van der Waals surface area contributed by atoms with Crippen LogP contribution in [0.2, 0.25) is 0 Å². The van der Waals surface area contributed by atoms with Crippen molar-refractivity contribution >= 4 is 0 Å². The highest BCUT2D eigenvalue weighted by molar-refractivity contribution is 5.30. The van der Waals surface area contributed by atoms with E-state index in [1.54, 1.807) is 11.8 Å². The van der Waals surface area contributed by atoms with Crippen LogP contribution in [0, 0.1) is 6.92 Å². The van der Waals surface area contributed by atoms with E-state index in [2.05, 4.69) is 10.4 Å². The minimum absolute atomic E-state index is 0.0342. The molecule has 2 aromatic rings. The first kappa shape index (κ1) is 14.6. The maximum atomic E-state index is 9.57. The highest BCUT2D eigenvalue weighted by Gasteiger charge is 2.12. The van der Waals surface area contributed by atoms with Gasteiger partial charge in [0.15, 0.2) is 0 Å². The molecule has 1 atom stereocenters. The lowest BCUT2D eigenvalue weighted by Crippen LogP contribution is -2.24. The van der Waals surface area contributed by atoms with E-state index in [0.717, 1.165) is 22.6 Å². The van der Waals surface area contributed by atoms with Gasteiger partial charge < -0.3 is 15.2 Å². The van der Waals surface area contributed by atoms with Crippen molar-refractivity contribution < 1.29 is 9.84 Å². The molecule has 0 aliphatic rings. The third-order valence-corrected chi connectivity index (χ3v) is 3.33. The van der Waals surface area contributed by atoms with Gasteiger partial charge in [-0.05, 0) is 24.6 Å². The number of ether oxygens (including phenoxy) is 1. The van der Waals surface area contributed by atoms with E-state index in [-0.39, 0.29) is 12.6 Å². The second kappa shape index (κ2) is 6.54. The summed E-state index contributed by atoms with van der Waals surface area (Å²) in [5.41, 5.74) is 3.14. The van der Waals surface area contributed by atoms with Crippen molar-refractivity contribution in [2.75, 3.05) is 13.7 Å². The molecule has 0 saturated heterocycles. The molecule has 108 valence electrons. The van der Waals surface area contributed by atoms with Crippen LogP contribution in [0.25, 0.3) is 0 Å². The molecule has 2 N–H and O–H groups in total. The molecule has 1 aromatic heterocycles. The molecular weight excluding hydrogens is 254 g/mol. The third-order valence-electron chi connectivity index (χ3n) is 3.33. The Morgan fingerprint density at radius 2 is 2.25 bits per heavy atom. The predicted molar refractivity (Wildman–Crippen MR) is 77.6 cm³/mol. The minimum Gasteiger partial charge on any atom is -0.497 e. The lowest BCUT2D eigenvalue weighted by molar-refractivity contribution is 0.243. The standard InChI is InChI=1S/C15H21N3O2/c1-11-13(9-18(2)17-11)8-16-15(10-19)12-5-4-6-14(7-12)20-3/h4-7,9,15-16,19H,8,10H2,1-3H3. The van der Waals surface area contributed by atoms with Gasteiger partial charge >= 0.3 is 0 Å². The third kappa shape index (κ3) is 3.37. The summed E-state index contributed by atoms with van der Waals surface area (Å²) < 4.78 is 7.01. The first-order valence-electron chi connectivity index (χ1n) is 6.61. The van der Waals surface area contributed by atoms with E-state index >= 15 is 0 Å². The number of hydrogen-bond donors (Lipinski definition) is 2. The quantitative estimate of drug-likeness (QED) is 0.840. The number of nitrogens with zero attached hydrogens (tertiary/aromatic N) is 2. The van der Waals surface area contributed by atoms with Gasteiger partial charge in [-0.1, -0.05) is 12.1 Å². The Balaban J connectivity index is 2.07. The zero-order valence-electron chi connectivity index (χ0n) is 12.1. The number of methoxy groups -OCH3 is 1. The van der Waals surface area contributed by atoms with E-state index in [4.69, 9.17) is 4.74 Å². The van der Waals surface area contributed by atoms with Crippen LogP contribution >= 0.6 is 0 Å². The topological polar surface area (TPSA) is 59.3 Å².